The summed E-state index contributed by atoms with van der Waals surface area (Å²) in [4.78, 5) is 32.3. The number of rotatable bonds is 6. The molecule has 0 aliphatic heterocycles. The number of ether oxygens (including phenoxy) is 1. The highest BCUT2D eigenvalue weighted by molar-refractivity contribution is 5.91. The van der Waals surface area contributed by atoms with Crippen LogP contribution < -0.4 is 0 Å². The van der Waals surface area contributed by atoms with Gasteiger partial charge in [0.1, 0.15) is 6.61 Å². The molecule has 0 saturated heterocycles. The van der Waals surface area contributed by atoms with Gasteiger partial charge in [-0.1, -0.05) is 19.9 Å². The van der Waals surface area contributed by atoms with Crippen LogP contribution in [0.25, 0.3) is 0 Å². The summed E-state index contributed by atoms with van der Waals surface area (Å²) in [5.74, 6) is 0.420. The summed E-state index contributed by atoms with van der Waals surface area (Å²) in [5.41, 5.74) is -0.224. The first-order valence-electron chi connectivity index (χ1n) is 8.07. The number of nitro groups is 2. The molecule has 0 saturated carbocycles. The topological polar surface area (TPSA) is 113 Å². The average molecular weight is 348 g/mol. The summed E-state index contributed by atoms with van der Waals surface area (Å²) in [6.45, 7) is 4.46. The Morgan fingerprint density at radius 2 is 1.80 bits per heavy atom. The first-order valence-corrected chi connectivity index (χ1v) is 8.07. The van der Waals surface area contributed by atoms with Crippen molar-refractivity contribution in [2.45, 2.75) is 33.1 Å². The zero-order valence-corrected chi connectivity index (χ0v) is 14.1. The summed E-state index contributed by atoms with van der Waals surface area (Å²) >= 11 is 0. The molecule has 25 heavy (non-hydrogen) atoms. The number of non-ortho nitro benzene ring substituents is 2. The summed E-state index contributed by atoms with van der Waals surface area (Å²) in [7, 11) is 0. The van der Waals surface area contributed by atoms with Gasteiger partial charge >= 0.3 is 5.97 Å². The average Bonchev–Trinajstić information content (AvgIpc) is 2.59. The van der Waals surface area contributed by atoms with Gasteiger partial charge in [0, 0.05) is 12.1 Å². The summed E-state index contributed by atoms with van der Waals surface area (Å²) in [5, 5.41) is 21.7. The number of hydrogen-bond acceptors (Lipinski definition) is 6. The molecule has 2 rings (SSSR count). The number of nitrogens with zero attached hydrogens (tertiary/aromatic N) is 2. The Kier molecular flexibility index (Phi) is 5.84. The van der Waals surface area contributed by atoms with Gasteiger partial charge in [0.25, 0.3) is 11.4 Å². The number of carbonyl (C=O) groups excluding carboxylic acids is 1. The molecule has 0 radical (unpaired) electrons. The maximum Gasteiger partial charge on any atom is 0.338 e. The molecule has 0 N–H and O–H groups in total. The Bertz CT molecular complexity index is 694. The summed E-state index contributed by atoms with van der Waals surface area (Å²) in [6, 6.07) is 2.78. The van der Waals surface area contributed by atoms with Crippen molar-refractivity contribution >= 4 is 17.3 Å². The van der Waals surface area contributed by atoms with E-state index < -0.39 is 27.2 Å². The van der Waals surface area contributed by atoms with Crippen LogP contribution in [0.5, 0.6) is 0 Å². The molecule has 0 heterocycles. The van der Waals surface area contributed by atoms with E-state index in [4.69, 9.17) is 4.74 Å². The van der Waals surface area contributed by atoms with Gasteiger partial charge in [-0.05, 0) is 36.7 Å². The monoisotopic (exact) mass is 348 g/mol. The normalized spacial score (nSPS) is 17.1. The zero-order chi connectivity index (χ0) is 18.6. The predicted molar refractivity (Wildman–Crippen MR) is 90.3 cm³/mol. The van der Waals surface area contributed by atoms with Crippen molar-refractivity contribution in [3.63, 3.8) is 0 Å². The molecule has 1 aliphatic carbocycles. The molecule has 0 amide bonds. The summed E-state index contributed by atoms with van der Waals surface area (Å²) < 4.78 is 5.18. The van der Waals surface area contributed by atoms with Gasteiger partial charge in [0.05, 0.1) is 21.5 Å². The van der Waals surface area contributed by atoms with Crippen molar-refractivity contribution in [3.8, 4) is 0 Å². The molecule has 0 aromatic heterocycles. The maximum atomic E-state index is 12.1. The fourth-order valence-electron chi connectivity index (χ4n) is 2.81. The van der Waals surface area contributed by atoms with Crippen LogP contribution in [0.15, 0.2) is 29.8 Å². The molecule has 1 aromatic rings. The van der Waals surface area contributed by atoms with Crippen LogP contribution in [0.3, 0.4) is 0 Å². The molecule has 8 heteroatoms. The molecule has 1 aliphatic rings. The van der Waals surface area contributed by atoms with Gasteiger partial charge < -0.3 is 4.74 Å². The van der Waals surface area contributed by atoms with Crippen LogP contribution >= 0.6 is 0 Å². The van der Waals surface area contributed by atoms with Gasteiger partial charge in [-0.15, -0.1) is 0 Å². The molecule has 0 fully saturated rings. The molecule has 1 unspecified atom stereocenters. The Labute approximate surface area is 144 Å². The lowest BCUT2D eigenvalue weighted by Gasteiger charge is -2.24. The number of nitro benzene ring substituents is 2. The van der Waals surface area contributed by atoms with Gasteiger partial charge in [0.15, 0.2) is 0 Å². The van der Waals surface area contributed by atoms with Crippen LogP contribution in [-0.2, 0) is 4.74 Å². The van der Waals surface area contributed by atoms with E-state index in [9.17, 15) is 25.0 Å². The molecular formula is C17H20N2O6. The van der Waals surface area contributed by atoms with Crippen molar-refractivity contribution in [1.29, 1.82) is 0 Å². The Hall–Kier alpha value is -2.77. The van der Waals surface area contributed by atoms with E-state index in [2.05, 4.69) is 19.9 Å². The van der Waals surface area contributed by atoms with Crippen LogP contribution in [0, 0.1) is 32.1 Å². The molecule has 1 aromatic carbocycles. The lowest BCUT2D eigenvalue weighted by molar-refractivity contribution is -0.394. The Balaban J connectivity index is 2.06. The number of hydrogen-bond donors (Lipinski definition) is 0. The van der Waals surface area contributed by atoms with E-state index in [-0.39, 0.29) is 12.2 Å². The quantitative estimate of drug-likeness (QED) is 0.332. The van der Waals surface area contributed by atoms with E-state index >= 15 is 0 Å². The zero-order valence-electron chi connectivity index (χ0n) is 14.1. The molecule has 0 bridgehead atoms. The highest BCUT2D eigenvalue weighted by atomic mass is 16.6. The van der Waals surface area contributed by atoms with Crippen molar-refractivity contribution in [1.82, 2.24) is 0 Å². The largest absolute Gasteiger partial charge is 0.458 e. The molecule has 8 nitrogen and oxygen atoms in total. The fourth-order valence-corrected chi connectivity index (χ4v) is 2.81. The van der Waals surface area contributed by atoms with Gasteiger partial charge in [-0.25, -0.2) is 4.79 Å². The van der Waals surface area contributed by atoms with Crippen molar-refractivity contribution < 1.29 is 19.4 Å². The standard InChI is InChI=1S/C17H20N2O6/c1-11(2)13-5-3-12(4-6-13)10-25-17(20)14-7-15(18(21)22)9-16(8-14)19(23)24/h3,7-9,11,13H,4-6,10H2,1-2H3. The van der Waals surface area contributed by atoms with E-state index in [1.165, 1.54) is 0 Å². The second-order valence-corrected chi connectivity index (χ2v) is 6.47. The van der Waals surface area contributed by atoms with Gasteiger partial charge in [0.2, 0.25) is 0 Å². The van der Waals surface area contributed by atoms with E-state index in [0.717, 1.165) is 43.0 Å². The minimum absolute atomic E-state index is 0.0974. The number of esters is 1. The summed E-state index contributed by atoms with van der Waals surface area (Å²) in [6.07, 6.45) is 4.87. The molecule has 0 spiro atoms. The minimum Gasteiger partial charge on any atom is -0.458 e. The van der Waals surface area contributed by atoms with Gasteiger partial charge in [-0.3, -0.25) is 20.2 Å². The van der Waals surface area contributed by atoms with Crippen molar-refractivity contribution in [2.24, 2.45) is 11.8 Å². The van der Waals surface area contributed by atoms with Gasteiger partial charge in [-0.2, -0.15) is 0 Å². The molecule has 1 atom stereocenters. The number of carbonyl (C=O) groups is 1. The lowest BCUT2D eigenvalue weighted by atomic mass is 9.82. The minimum atomic E-state index is -0.807. The highest BCUT2D eigenvalue weighted by Gasteiger charge is 2.22. The van der Waals surface area contributed by atoms with Crippen LogP contribution in [0.2, 0.25) is 0 Å². The lowest BCUT2D eigenvalue weighted by Crippen LogP contribution is -2.15. The maximum absolute atomic E-state index is 12.1. The first-order chi connectivity index (χ1) is 11.8. The Morgan fingerprint density at radius 3 is 2.24 bits per heavy atom. The third-order valence-corrected chi connectivity index (χ3v) is 4.44. The highest BCUT2D eigenvalue weighted by Crippen LogP contribution is 2.29. The molecular weight excluding hydrogens is 328 g/mol. The van der Waals surface area contributed by atoms with Crippen LogP contribution in [0.1, 0.15) is 43.5 Å². The van der Waals surface area contributed by atoms with Crippen molar-refractivity contribution in [3.05, 3.63) is 55.6 Å². The second kappa shape index (κ2) is 7.87. The van der Waals surface area contributed by atoms with Crippen LogP contribution in [0.4, 0.5) is 11.4 Å². The second-order valence-electron chi connectivity index (χ2n) is 6.47. The predicted octanol–water partition coefficient (Wildman–Crippen LogP) is 4.04. The Morgan fingerprint density at radius 1 is 1.20 bits per heavy atom. The van der Waals surface area contributed by atoms with Crippen LogP contribution in [-0.4, -0.2) is 22.4 Å². The third-order valence-electron chi connectivity index (χ3n) is 4.44. The fraction of sp³-hybridized carbons (Fsp3) is 0.471. The SMILES string of the molecule is CC(C)C1CC=C(COC(=O)c2cc([N+](=O)[O-])cc([N+](=O)[O-])c2)CC1. The van der Waals surface area contributed by atoms with Crippen molar-refractivity contribution in [2.75, 3.05) is 6.61 Å². The molecule has 134 valence electrons. The number of benzene rings is 1. The van der Waals surface area contributed by atoms with E-state index in [0.29, 0.717) is 11.8 Å². The smallest absolute Gasteiger partial charge is 0.338 e. The first kappa shape index (κ1) is 18.6. The van der Waals surface area contributed by atoms with E-state index in [1.807, 2.05) is 0 Å². The van der Waals surface area contributed by atoms with E-state index in [1.54, 1.807) is 0 Å². The third kappa shape index (κ3) is 4.85. The number of allylic oxidation sites excluding steroid dienone is 1.